The molecule has 2 aromatic rings. The number of pyridine rings is 1. The number of urea groups is 1. The SMILES string of the molecule is CCN(CC(C)(C)O)C(=O)NC(C)c1ccc(-c2cccnc2)cc1. The Balaban J connectivity index is 2.03. The van der Waals surface area contributed by atoms with Gasteiger partial charge in [0.1, 0.15) is 0 Å². The van der Waals surface area contributed by atoms with Crippen LogP contribution in [-0.4, -0.2) is 39.7 Å². The van der Waals surface area contributed by atoms with Crippen LogP contribution in [0.3, 0.4) is 0 Å². The molecule has 0 aliphatic heterocycles. The fourth-order valence-corrected chi connectivity index (χ4v) is 2.65. The van der Waals surface area contributed by atoms with Crippen molar-refractivity contribution in [3.8, 4) is 11.1 Å². The van der Waals surface area contributed by atoms with Gasteiger partial charge in [-0.2, -0.15) is 0 Å². The summed E-state index contributed by atoms with van der Waals surface area (Å²) in [5.74, 6) is 0. The summed E-state index contributed by atoms with van der Waals surface area (Å²) in [7, 11) is 0. The van der Waals surface area contributed by atoms with E-state index < -0.39 is 5.60 Å². The molecular weight excluding hydrogens is 314 g/mol. The fourth-order valence-electron chi connectivity index (χ4n) is 2.65. The van der Waals surface area contributed by atoms with Crippen molar-refractivity contribution in [2.45, 2.75) is 39.3 Å². The Kier molecular flexibility index (Phi) is 6.15. The van der Waals surface area contributed by atoms with Gasteiger partial charge in [-0.25, -0.2) is 4.79 Å². The molecule has 0 saturated heterocycles. The largest absolute Gasteiger partial charge is 0.389 e. The molecular formula is C20H27N3O2. The third-order valence-corrected chi connectivity index (χ3v) is 3.99. The van der Waals surface area contributed by atoms with Gasteiger partial charge in [0.15, 0.2) is 0 Å². The van der Waals surface area contributed by atoms with Crippen molar-refractivity contribution < 1.29 is 9.90 Å². The van der Waals surface area contributed by atoms with E-state index in [-0.39, 0.29) is 12.1 Å². The van der Waals surface area contributed by atoms with E-state index in [1.165, 1.54) is 0 Å². The number of carbonyl (C=O) groups is 1. The summed E-state index contributed by atoms with van der Waals surface area (Å²) in [5, 5.41) is 12.9. The van der Waals surface area contributed by atoms with E-state index in [1.54, 1.807) is 24.9 Å². The number of amides is 2. The molecule has 1 atom stereocenters. The molecule has 2 rings (SSSR count). The standard InChI is InChI=1S/C20H27N3O2/c1-5-23(14-20(3,4)25)19(24)22-15(2)16-8-10-17(11-9-16)18-7-6-12-21-13-18/h6-13,15,25H,5,14H2,1-4H3,(H,22,24). The summed E-state index contributed by atoms with van der Waals surface area (Å²) < 4.78 is 0. The molecule has 0 fully saturated rings. The molecule has 1 aromatic carbocycles. The van der Waals surface area contributed by atoms with Crippen molar-refractivity contribution in [1.82, 2.24) is 15.2 Å². The van der Waals surface area contributed by atoms with Gasteiger partial charge in [0.2, 0.25) is 0 Å². The van der Waals surface area contributed by atoms with Crippen molar-refractivity contribution in [3.05, 3.63) is 54.4 Å². The van der Waals surface area contributed by atoms with Crippen LogP contribution in [0.4, 0.5) is 4.79 Å². The number of nitrogens with one attached hydrogen (secondary N) is 1. The highest BCUT2D eigenvalue weighted by molar-refractivity contribution is 5.75. The van der Waals surface area contributed by atoms with Gasteiger partial charge in [-0.15, -0.1) is 0 Å². The van der Waals surface area contributed by atoms with Gasteiger partial charge < -0.3 is 15.3 Å². The predicted octanol–water partition coefficient (Wildman–Crippen LogP) is 3.61. The summed E-state index contributed by atoms with van der Waals surface area (Å²) in [4.78, 5) is 18.2. The second-order valence-electron chi connectivity index (χ2n) is 6.86. The normalized spacial score (nSPS) is 12.5. The van der Waals surface area contributed by atoms with Crippen molar-refractivity contribution in [2.24, 2.45) is 0 Å². The Morgan fingerprint density at radius 2 is 1.92 bits per heavy atom. The lowest BCUT2D eigenvalue weighted by Crippen LogP contribution is -2.47. The number of carbonyl (C=O) groups excluding carboxylic acids is 1. The Hall–Kier alpha value is -2.40. The maximum Gasteiger partial charge on any atom is 0.317 e. The first-order valence-electron chi connectivity index (χ1n) is 8.58. The van der Waals surface area contributed by atoms with Crippen LogP contribution in [0.5, 0.6) is 0 Å². The molecule has 2 amide bonds. The number of hydrogen-bond acceptors (Lipinski definition) is 3. The molecule has 2 N–H and O–H groups in total. The van der Waals surface area contributed by atoms with Crippen LogP contribution in [0.15, 0.2) is 48.8 Å². The smallest absolute Gasteiger partial charge is 0.317 e. The average Bonchev–Trinajstić information content (AvgIpc) is 2.59. The summed E-state index contributed by atoms with van der Waals surface area (Å²) >= 11 is 0. The van der Waals surface area contributed by atoms with E-state index in [9.17, 15) is 9.90 Å². The monoisotopic (exact) mass is 341 g/mol. The van der Waals surface area contributed by atoms with Gasteiger partial charge >= 0.3 is 6.03 Å². The lowest BCUT2D eigenvalue weighted by Gasteiger charge is -2.29. The Morgan fingerprint density at radius 3 is 2.44 bits per heavy atom. The molecule has 0 radical (unpaired) electrons. The third-order valence-electron chi connectivity index (χ3n) is 3.99. The molecule has 134 valence electrons. The van der Waals surface area contributed by atoms with E-state index >= 15 is 0 Å². The Morgan fingerprint density at radius 1 is 1.24 bits per heavy atom. The first-order chi connectivity index (χ1) is 11.8. The number of likely N-dealkylation sites (N-methyl/N-ethyl adjacent to an activating group) is 1. The van der Waals surface area contributed by atoms with Gasteiger partial charge in [0.25, 0.3) is 0 Å². The maximum absolute atomic E-state index is 12.4. The van der Waals surface area contributed by atoms with E-state index in [1.807, 2.05) is 56.4 Å². The number of aliphatic hydroxyl groups is 1. The molecule has 25 heavy (non-hydrogen) atoms. The number of benzene rings is 1. The Bertz CT molecular complexity index is 678. The molecule has 0 spiro atoms. The molecule has 5 nitrogen and oxygen atoms in total. The lowest BCUT2D eigenvalue weighted by atomic mass is 10.0. The zero-order valence-electron chi connectivity index (χ0n) is 15.4. The summed E-state index contributed by atoms with van der Waals surface area (Å²) in [6, 6.07) is 11.7. The van der Waals surface area contributed by atoms with Crippen LogP contribution < -0.4 is 5.32 Å². The number of hydrogen-bond donors (Lipinski definition) is 2. The zero-order valence-corrected chi connectivity index (χ0v) is 15.4. The van der Waals surface area contributed by atoms with Gasteiger partial charge in [-0.3, -0.25) is 4.98 Å². The molecule has 1 unspecified atom stereocenters. The van der Waals surface area contributed by atoms with Crippen LogP contribution in [0.2, 0.25) is 0 Å². The summed E-state index contributed by atoms with van der Waals surface area (Å²) in [6.45, 7) is 8.09. The van der Waals surface area contributed by atoms with E-state index in [4.69, 9.17) is 0 Å². The quantitative estimate of drug-likeness (QED) is 0.843. The van der Waals surface area contributed by atoms with Crippen LogP contribution in [-0.2, 0) is 0 Å². The van der Waals surface area contributed by atoms with Gasteiger partial charge in [-0.1, -0.05) is 30.3 Å². The third kappa shape index (κ3) is 5.57. The van der Waals surface area contributed by atoms with Crippen LogP contribution in [0, 0.1) is 0 Å². The topological polar surface area (TPSA) is 65.5 Å². The van der Waals surface area contributed by atoms with E-state index in [2.05, 4.69) is 10.3 Å². The zero-order chi connectivity index (χ0) is 18.4. The lowest BCUT2D eigenvalue weighted by molar-refractivity contribution is 0.0476. The van der Waals surface area contributed by atoms with Gasteiger partial charge in [-0.05, 0) is 50.5 Å². The Labute approximate surface area is 149 Å². The van der Waals surface area contributed by atoms with Crippen molar-refractivity contribution in [1.29, 1.82) is 0 Å². The van der Waals surface area contributed by atoms with Crippen molar-refractivity contribution in [3.63, 3.8) is 0 Å². The summed E-state index contributed by atoms with van der Waals surface area (Å²) in [6.07, 6.45) is 3.58. The first-order valence-corrected chi connectivity index (χ1v) is 8.58. The van der Waals surface area contributed by atoms with Crippen LogP contribution >= 0.6 is 0 Å². The minimum Gasteiger partial charge on any atom is -0.389 e. The highest BCUT2D eigenvalue weighted by atomic mass is 16.3. The molecule has 5 heteroatoms. The van der Waals surface area contributed by atoms with Gasteiger partial charge in [0, 0.05) is 18.9 Å². The minimum atomic E-state index is -0.915. The predicted molar refractivity (Wildman–Crippen MR) is 100 cm³/mol. The average molecular weight is 341 g/mol. The number of nitrogens with zero attached hydrogens (tertiary/aromatic N) is 2. The number of rotatable bonds is 6. The van der Waals surface area contributed by atoms with E-state index in [0.29, 0.717) is 13.1 Å². The second-order valence-corrected chi connectivity index (χ2v) is 6.86. The second kappa shape index (κ2) is 8.12. The van der Waals surface area contributed by atoms with Crippen LogP contribution in [0.1, 0.15) is 39.3 Å². The molecule has 0 bridgehead atoms. The maximum atomic E-state index is 12.4. The number of aromatic nitrogens is 1. The van der Waals surface area contributed by atoms with Crippen LogP contribution in [0.25, 0.3) is 11.1 Å². The highest BCUT2D eigenvalue weighted by Crippen LogP contribution is 2.21. The molecule has 0 saturated carbocycles. The molecule has 0 aliphatic carbocycles. The van der Waals surface area contributed by atoms with Gasteiger partial charge in [0.05, 0.1) is 18.2 Å². The first kappa shape index (κ1) is 18.9. The molecule has 0 aliphatic rings. The fraction of sp³-hybridized carbons (Fsp3) is 0.400. The van der Waals surface area contributed by atoms with Crippen molar-refractivity contribution >= 4 is 6.03 Å². The van der Waals surface area contributed by atoms with E-state index in [0.717, 1.165) is 16.7 Å². The highest BCUT2D eigenvalue weighted by Gasteiger charge is 2.22. The minimum absolute atomic E-state index is 0.119. The summed E-state index contributed by atoms with van der Waals surface area (Å²) in [5.41, 5.74) is 2.27. The molecule has 1 heterocycles. The molecule has 1 aromatic heterocycles. The van der Waals surface area contributed by atoms with Crippen molar-refractivity contribution in [2.75, 3.05) is 13.1 Å².